The number of imidazole rings is 1. The fourth-order valence-electron chi connectivity index (χ4n) is 4.11. The molecule has 0 aliphatic rings. The number of para-hydroxylation sites is 2. The lowest BCUT2D eigenvalue weighted by Crippen LogP contribution is -2.24. The Labute approximate surface area is 194 Å². The number of carbonyl (C=O) groups is 1. The number of unbranched alkanes of at least 4 members (excludes halogenated alkanes) is 2. The Morgan fingerprint density at radius 3 is 2.47 bits per heavy atom. The molecule has 0 fully saturated rings. The molecule has 1 atom stereocenters. The average Bonchev–Trinajstić information content (AvgIpc) is 3.19. The molecular formula is C27H28ClN3O. The first-order valence-electron chi connectivity index (χ1n) is 11.2. The van der Waals surface area contributed by atoms with E-state index < -0.39 is 0 Å². The second-order valence-corrected chi connectivity index (χ2v) is 8.43. The molecule has 0 spiro atoms. The minimum absolute atomic E-state index is 0.117. The van der Waals surface area contributed by atoms with Crippen LogP contribution in [-0.4, -0.2) is 22.0 Å². The Balaban J connectivity index is 1.35. The molecule has 5 heteroatoms. The summed E-state index contributed by atoms with van der Waals surface area (Å²) >= 11 is 6.10. The van der Waals surface area contributed by atoms with Gasteiger partial charge < -0.3 is 9.88 Å². The van der Waals surface area contributed by atoms with E-state index >= 15 is 0 Å². The molecule has 0 aliphatic heterocycles. The summed E-state index contributed by atoms with van der Waals surface area (Å²) in [5, 5.41) is 3.45. The van der Waals surface area contributed by atoms with E-state index in [1.165, 1.54) is 11.1 Å². The molecule has 4 rings (SSSR count). The average molecular weight is 446 g/mol. The van der Waals surface area contributed by atoms with Gasteiger partial charge in [0.15, 0.2) is 0 Å². The number of amides is 1. The van der Waals surface area contributed by atoms with Gasteiger partial charge in [-0.3, -0.25) is 4.79 Å². The normalized spacial score (nSPS) is 12.1. The van der Waals surface area contributed by atoms with Crippen LogP contribution >= 0.6 is 11.6 Å². The van der Waals surface area contributed by atoms with Crippen LogP contribution < -0.4 is 5.32 Å². The van der Waals surface area contributed by atoms with E-state index in [0.717, 1.165) is 37.0 Å². The number of carbonyl (C=O) groups excluding carboxylic acids is 1. The molecule has 164 valence electrons. The van der Waals surface area contributed by atoms with Gasteiger partial charge in [-0.25, -0.2) is 4.98 Å². The number of aromatic nitrogens is 2. The molecule has 4 nitrogen and oxygen atoms in total. The molecule has 4 aromatic rings. The van der Waals surface area contributed by atoms with Crippen LogP contribution in [0.5, 0.6) is 0 Å². The first-order chi connectivity index (χ1) is 15.6. The number of aryl methyl sites for hydroxylation is 1. The summed E-state index contributed by atoms with van der Waals surface area (Å²) in [4.78, 5) is 17.2. The highest BCUT2D eigenvalue weighted by molar-refractivity contribution is 6.33. The summed E-state index contributed by atoms with van der Waals surface area (Å²) in [7, 11) is 0. The van der Waals surface area contributed by atoms with Crippen LogP contribution in [0.4, 0.5) is 0 Å². The van der Waals surface area contributed by atoms with E-state index in [1.807, 2.05) is 24.3 Å². The monoisotopic (exact) mass is 445 g/mol. The second kappa shape index (κ2) is 10.5. The van der Waals surface area contributed by atoms with Crippen molar-refractivity contribution in [3.63, 3.8) is 0 Å². The minimum Gasteiger partial charge on any atom is -0.352 e. The number of nitrogens with zero attached hydrogens (tertiary/aromatic N) is 2. The number of rotatable bonds is 9. The van der Waals surface area contributed by atoms with Gasteiger partial charge in [0, 0.05) is 13.0 Å². The van der Waals surface area contributed by atoms with Crippen molar-refractivity contribution in [2.45, 2.75) is 38.6 Å². The lowest BCUT2D eigenvalue weighted by Gasteiger charge is -2.18. The fraction of sp³-hybridized carbons (Fsp3) is 0.259. The number of hydrogen-bond acceptors (Lipinski definition) is 2. The van der Waals surface area contributed by atoms with Crippen molar-refractivity contribution in [2.24, 2.45) is 0 Å². The number of halogens is 1. The molecule has 1 amide bonds. The van der Waals surface area contributed by atoms with Crippen molar-refractivity contribution < 1.29 is 4.79 Å². The van der Waals surface area contributed by atoms with E-state index in [0.29, 0.717) is 17.1 Å². The number of fused-ring (bicyclic) bond motifs is 1. The van der Waals surface area contributed by atoms with E-state index in [4.69, 9.17) is 16.6 Å². The molecule has 1 unspecified atom stereocenters. The first-order valence-corrected chi connectivity index (χ1v) is 11.6. The van der Waals surface area contributed by atoms with Gasteiger partial charge in [-0.05, 0) is 49.6 Å². The van der Waals surface area contributed by atoms with Crippen LogP contribution in [0.3, 0.4) is 0 Å². The van der Waals surface area contributed by atoms with Crippen LogP contribution in [0.15, 0.2) is 78.9 Å². The number of benzene rings is 3. The smallest absolute Gasteiger partial charge is 0.252 e. The van der Waals surface area contributed by atoms with Crippen molar-refractivity contribution in [1.82, 2.24) is 14.9 Å². The highest BCUT2D eigenvalue weighted by atomic mass is 35.5. The Hall–Kier alpha value is -3.11. The Kier molecular flexibility index (Phi) is 7.23. The molecule has 0 saturated carbocycles. The van der Waals surface area contributed by atoms with Crippen LogP contribution in [0.2, 0.25) is 5.02 Å². The van der Waals surface area contributed by atoms with Crippen LogP contribution in [-0.2, 0) is 6.42 Å². The quantitative estimate of drug-likeness (QED) is 0.301. The summed E-state index contributed by atoms with van der Waals surface area (Å²) in [5.74, 6) is 0.997. The molecule has 1 N–H and O–H groups in total. The lowest BCUT2D eigenvalue weighted by molar-refractivity contribution is 0.0953. The Morgan fingerprint density at radius 2 is 1.66 bits per heavy atom. The van der Waals surface area contributed by atoms with Gasteiger partial charge in [-0.1, -0.05) is 72.6 Å². The minimum atomic E-state index is -0.117. The van der Waals surface area contributed by atoms with Gasteiger partial charge in [0.25, 0.3) is 5.91 Å². The second-order valence-electron chi connectivity index (χ2n) is 8.02. The fourth-order valence-corrected chi connectivity index (χ4v) is 4.33. The van der Waals surface area contributed by atoms with Gasteiger partial charge in [-0.15, -0.1) is 0 Å². The molecule has 32 heavy (non-hydrogen) atoms. The maximum Gasteiger partial charge on any atom is 0.252 e. The van der Waals surface area contributed by atoms with E-state index in [2.05, 4.69) is 59.3 Å². The van der Waals surface area contributed by atoms with Crippen molar-refractivity contribution in [1.29, 1.82) is 0 Å². The van der Waals surface area contributed by atoms with Crippen molar-refractivity contribution >= 4 is 28.5 Å². The predicted molar refractivity (Wildman–Crippen MR) is 131 cm³/mol. The molecule has 0 radical (unpaired) electrons. The van der Waals surface area contributed by atoms with Crippen molar-refractivity contribution in [2.75, 3.05) is 6.54 Å². The highest BCUT2D eigenvalue weighted by Gasteiger charge is 2.16. The summed E-state index contributed by atoms with van der Waals surface area (Å²) in [6, 6.07) is 26.2. The third-order valence-corrected chi connectivity index (χ3v) is 6.15. The van der Waals surface area contributed by atoms with E-state index in [1.54, 1.807) is 12.1 Å². The maximum atomic E-state index is 12.3. The standard InChI is InChI=1S/C27H28ClN3O/c1-20(21-12-4-2-5-13-21)31-25-17-10-9-16-24(25)30-26(31)18-6-3-11-19-29-27(32)22-14-7-8-15-23(22)28/h2,4-5,7-10,12-17,20H,3,6,11,18-19H2,1H3,(H,29,32). The maximum absolute atomic E-state index is 12.3. The van der Waals surface area contributed by atoms with Crippen LogP contribution in [0.1, 0.15) is 54.0 Å². The van der Waals surface area contributed by atoms with Crippen LogP contribution in [0, 0.1) is 0 Å². The van der Waals surface area contributed by atoms with Crippen molar-refractivity contribution in [3.05, 3.63) is 101 Å². The zero-order valence-corrected chi connectivity index (χ0v) is 19.1. The highest BCUT2D eigenvalue weighted by Crippen LogP contribution is 2.27. The van der Waals surface area contributed by atoms with Gasteiger partial charge in [0.05, 0.1) is 27.7 Å². The summed E-state index contributed by atoms with van der Waals surface area (Å²) in [5.41, 5.74) is 4.01. The Morgan fingerprint density at radius 1 is 0.938 bits per heavy atom. The Bertz CT molecular complexity index is 1190. The van der Waals surface area contributed by atoms with E-state index in [-0.39, 0.29) is 11.9 Å². The summed E-state index contributed by atoms with van der Waals surface area (Å²) in [6.07, 6.45) is 3.87. The molecule has 1 heterocycles. The zero-order valence-electron chi connectivity index (χ0n) is 18.3. The molecular weight excluding hydrogens is 418 g/mol. The number of nitrogens with one attached hydrogen (secondary N) is 1. The van der Waals surface area contributed by atoms with Crippen LogP contribution in [0.25, 0.3) is 11.0 Å². The zero-order chi connectivity index (χ0) is 22.3. The number of hydrogen-bond donors (Lipinski definition) is 1. The van der Waals surface area contributed by atoms with Gasteiger partial charge in [-0.2, -0.15) is 0 Å². The topological polar surface area (TPSA) is 46.9 Å². The molecule has 0 saturated heterocycles. The SMILES string of the molecule is CC(c1ccccc1)n1c(CCCCCNC(=O)c2ccccc2Cl)nc2ccccc21. The molecule has 0 aliphatic carbocycles. The third kappa shape index (κ3) is 5.03. The third-order valence-electron chi connectivity index (χ3n) is 5.82. The van der Waals surface area contributed by atoms with E-state index in [9.17, 15) is 4.79 Å². The summed E-state index contributed by atoms with van der Waals surface area (Å²) in [6.45, 7) is 2.87. The molecule has 1 aromatic heterocycles. The molecule has 3 aromatic carbocycles. The van der Waals surface area contributed by atoms with Gasteiger partial charge >= 0.3 is 0 Å². The van der Waals surface area contributed by atoms with Gasteiger partial charge in [0.1, 0.15) is 5.82 Å². The lowest BCUT2D eigenvalue weighted by atomic mass is 10.1. The summed E-state index contributed by atoms with van der Waals surface area (Å²) < 4.78 is 2.36. The largest absolute Gasteiger partial charge is 0.352 e. The molecule has 0 bridgehead atoms. The van der Waals surface area contributed by atoms with Gasteiger partial charge in [0.2, 0.25) is 0 Å². The first kappa shape index (κ1) is 22.1. The van der Waals surface area contributed by atoms with Crippen molar-refractivity contribution in [3.8, 4) is 0 Å². The predicted octanol–water partition coefficient (Wildman–Crippen LogP) is 6.44.